The third-order valence-corrected chi connectivity index (χ3v) is 4.23. The van der Waals surface area contributed by atoms with Gasteiger partial charge in [-0.3, -0.25) is 0 Å². The van der Waals surface area contributed by atoms with Crippen LogP contribution in [0.25, 0.3) is 0 Å². The number of hydrogen-bond acceptors (Lipinski definition) is 2. The molecule has 2 N–H and O–H groups in total. The maximum Gasteiger partial charge on any atom is 0.149 e. The summed E-state index contributed by atoms with van der Waals surface area (Å²) in [6.45, 7) is 0.399. The number of hydrogen-bond donors (Lipinski definition) is 1. The van der Waals surface area contributed by atoms with Gasteiger partial charge in [0, 0.05) is 13.1 Å². The lowest BCUT2D eigenvalue weighted by Gasteiger charge is -2.30. The van der Waals surface area contributed by atoms with E-state index < -0.39 is 11.6 Å². The first-order chi connectivity index (χ1) is 9.63. The molecule has 1 aliphatic carbocycles. The van der Waals surface area contributed by atoms with E-state index in [0.717, 1.165) is 25.7 Å². The molecule has 1 aromatic carbocycles. The Kier molecular flexibility index (Phi) is 5.35. The van der Waals surface area contributed by atoms with Gasteiger partial charge in [0.1, 0.15) is 17.3 Å². The first kappa shape index (κ1) is 15.2. The Morgan fingerprint density at radius 3 is 2.15 bits per heavy atom. The SMILES string of the molecule is CN(c1c(F)cc(CCN)cc1F)C1CCCCCC1. The van der Waals surface area contributed by atoms with Crippen molar-refractivity contribution >= 4 is 5.69 Å². The number of benzene rings is 1. The van der Waals surface area contributed by atoms with Crippen molar-refractivity contribution in [1.82, 2.24) is 0 Å². The van der Waals surface area contributed by atoms with E-state index in [9.17, 15) is 8.78 Å². The molecular formula is C16H24F2N2. The zero-order valence-electron chi connectivity index (χ0n) is 12.2. The molecule has 1 saturated carbocycles. The largest absolute Gasteiger partial charge is 0.367 e. The quantitative estimate of drug-likeness (QED) is 0.855. The van der Waals surface area contributed by atoms with E-state index in [1.54, 1.807) is 11.9 Å². The van der Waals surface area contributed by atoms with Crippen LogP contribution in [-0.4, -0.2) is 19.6 Å². The summed E-state index contributed by atoms with van der Waals surface area (Å²) in [6.07, 6.45) is 7.27. The van der Waals surface area contributed by atoms with E-state index in [1.165, 1.54) is 25.0 Å². The van der Waals surface area contributed by atoms with E-state index in [2.05, 4.69) is 0 Å². The lowest BCUT2D eigenvalue weighted by molar-refractivity contribution is 0.516. The molecule has 0 aliphatic heterocycles. The summed E-state index contributed by atoms with van der Waals surface area (Å²) < 4.78 is 28.4. The molecule has 0 amide bonds. The van der Waals surface area contributed by atoms with Crippen LogP contribution in [0.3, 0.4) is 0 Å². The van der Waals surface area contributed by atoms with Crippen LogP contribution in [0.1, 0.15) is 44.1 Å². The molecule has 1 aromatic rings. The smallest absolute Gasteiger partial charge is 0.149 e. The Balaban J connectivity index is 2.22. The Morgan fingerprint density at radius 1 is 1.10 bits per heavy atom. The predicted octanol–water partition coefficient (Wildman–Crippen LogP) is 3.63. The summed E-state index contributed by atoms with van der Waals surface area (Å²) in [5, 5.41) is 0. The average Bonchev–Trinajstić information content (AvgIpc) is 2.66. The number of nitrogens with two attached hydrogens (primary N) is 1. The molecule has 0 heterocycles. The minimum absolute atomic E-state index is 0.109. The molecule has 4 heteroatoms. The molecule has 112 valence electrons. The molecule has 0 atom stereocenters. The average molecular weight is 282 g/mol. The molecule has 1 fully saturated rings. The second-order valence-electron chi connectivity index (χ2n) is 5.70. The van der Waals surface area contributed by atoms with Gasteiger partial charge >= 0.3 is 0 Å². The Hall–Kier alpha value is -1.16. The van der Waals surface area contributed by atoms with Crippen molar-refractivity contribution in [2.45, 2.75) is 51.0 Å². The number of rotatable bonds is 4. The summed E-state index contributed by atoms with van der Waals surface area (Å²) in [6, 6.07) is 3.07. The van der Waals surface area contributed by atoms with Crippen molar-refractivity contribution < 1.29 is 8.78 Å². The van der Waals surface area contributed by atoms with Crippen molar-refractivity contribution in [3.63, 3.8) is 0 Å². The van der Waals surface area contributed by atoms with Gasteiger partial charge in [0.25, 0.3) is 0 Å². The van der Waals surface area contributed by atoms with Gasteiger partial charge in [-0.25, -0.2) is 8.78 Å². The summed E-state index contributed by atoms with van der Waals surface area (Å²) in [5.74, 6) is -0.944. The van der Waals surface area contributed by atoms with Gasteiger partial charge in [-0.2, -0.15) is 0 Å². The first-order valence-electron chi connectivity index (χ1n) is 7.54. The van der Waals surface area contributed by atoms with Crippen LogP contribution in [0.15, 0.2) is 12.1 Å². The third kappa shape index (κ3) is 3.48. The Morgan fingerprint density at radius 2 is 1.65 bits per heavy atom. The van der Waals surface area contributed by atoms with Gasteiger partial charge in [-0.1, -0.05) is 25.7 Å². The maximum absolute atomic E-state index is 14.2. The monoisotopic (exact) mass is 282 g/mol. The van der Waals surface area contributed by atoms with Crippen molar-refractivity contribution in [2.24, 2.45) is 5.73 Å². The van der Waals surface area contributed by atoms with Crippen molar-refractivity contribution in [3.8, 4) is 0 Å². The zero-order valence-corrected chi connectivity index (χ0v) is 12.2. The molecule has 2 nitrogen and oxygen atoms in total. The van der Waals surface area contributed by atoms with Gasteiger partial charge in [0.15, 0.2) is 0 Å². The fourth-order valence-electron chi connectivity index (χ4n) is 3.09. The van der Waals surface area contributed by atoms with E-state index in [4.69, 9.17) is 5.73 Å². The van der Waals surface area contributed by atoms with Gasteiger partial charge in [0.05, 0.1) is 0 Å². The molecule has 0 bridgehead atoms. The van der Waals surface area contributed by atoms with Gasteiger partial charge in [0.2, 0.25) is 0 Å². The van der Waals surface area contributed by atoms with Crippen LogP contribution in [-0.2, 0) is 6.42 Å². The molecular weight excluding hydrogens is 258 g/mol. The standard InChI is InChI=1S/C16H24F2N2/c1-20(13-6-4-2-3-5-7-13)16-14(17)10-12(8-9-19)11-15(16)18/h10-11,13H,2-9,19H2,1H3. The van der Waals surface area contributed by atoms with Crippen molar-refractivity contribution in [1.29, 1.82) is 0 Å². The normalized spacial score (nSPS) is 17.0. The summed E-state index contributed by atoms with van der Waals surface area (Å²) in [7, 11) is 1.81. The highest BCUT2D eigenvalue weighted by Gasteiger charge is 2.22. The van der Waals surface area contributed by atoms with E-state index in [-0.39, 0.29) is 11.7 Å². The van der Waals surface area contributed by atoms with Gasteiger partial charge in [-0.15, -0.1) is 0 Å². The van der Waals surface area contributed by atoms with E-state index >= 15 is 0 Å². The van der Waals surface area contributed by atoms with Crippen molar-refractivity contribution in [3.05, 3.63) is 29.3 Å². The van der Waals surface area contributed by atoms with Crippen LogP contribution in [0, 0.1) is 11.6 Å². The predicted molar refractivity (Wildman–Crippen MR) is 79.0 cm³/mol. The van der Waals surface area contributed by atoms with Crippen LogP contribution >= 0.6 is 0 Å². The molecule has 0 spiro atoms. The van der Waals surface area contributed by atoms with Gasteiger partial charge < -0.3 is 10.6 Å². The van der Waals surface area contributed by atoms with Crippen LogP contribution < -0.4 is 10.6 Å². The second-order valence-corrected chi connectivity index (χ2v) is 5.70. The van der Waals surface area contributed by atoms with Crippen LogP contribution in [0.4, 0.5) is 14.5 Å². The highest BCUT2D eigenvalue weighted by molar-refractivity contribution is 5.51. The molecule has 0 saturated heterocycles. The molecule has 20 heavy (non-hydrogen) atoms. The Labute approximate surface area is 120 Å². The lowest BCUT2D eigenvalue weighted by Crippen LogP contribution is -2.32. The lowest BCUT2D eigenvalue weighted by atomic mass is 10.1. The zero-order chi connectivity index (χ0) is 14.5. The fraction of sp³-hybridized carbons (Fsp3) is 0.625. The fourth-order valence-corrected chi connectivity index (χ4v) is 3.09. The number of nitrogens with zero attached hydrogens (tertiary/aromatic N) is 1. The summed E-state index contributed by atoms with van der Waals surface area (Å²) in [4.78, 5) is 1.79. The van der Waals surface area contributed by atoms with Crippen molar-refractivity contribution in [2.75, 3.05) is 18.5 Å². The van der Waals surface area contributed by atoms with Crippen LogP contribution in [0.2, 0.25) is 0 Å². The highest BCUT2D eigenvalue weighted by atomic mass is 19.1. The minimum Gasteiger partial charge on any atom is -0.367 e. The summed E-state index contributed by atoms with van der Waals surface area (Å²) in [5.41, 5.74) is 6.17. The minimum atomic E-state index is -0.472. The summed E-state index contributed by atoms with van der Waals surface area (Å²) >= 11 is 0. The van der Waals surface area contributed by atoms with E-state index in [1.807, 2.05) is 0 Å². The molecule has 0 unspecified atom stereocenters. The number of anilines is 1. The molecule has 1 aliphatic rings. The molecule has 0 radical (unpaired) electrons. The van der Waals surface area contributed by atoms with Crippen LogP contribution in [0.5, 0.6) is 0 Å². The first-order valence-corrected chi connectivity index (χ1v) is 7.54. The highest BCUT2D eigenvalue weighted by Crippen LogP contribution is 2.30. The van der Waals surface area contributed by atoms with E-state index in [0.29, 0.717) is 18.5 Å². The maximum atomic E-state index is 14.2. The third-order valence-electron chi connectivity index (χ3n) is 4.23. The Bertz CT molecular complexity index is 417. The molecule has 2 rings (SSSR count). The van der Waals surface area contributed by atoms with Gasteiger partial charge in [-0.05, 0) is 43.5 Å². The molecule has 0 aromatic heterocycles. The topological polar surface area (TPSA) is 29.3 Å². The number of halogens is 2. The second kappa shape index (κ2) is 7.02.